The van der Waals surface area contributed by atoms with Crippen LogP contribution in [0.1, 0.15) is 42.4 Å². The second-order valence-corrected chi connectivity index (χ2v) is 13.9. The Balaban J connectivity index is 1.30. The van der Waals surface area contributed by atoms with Gasteiger partial charge < -0.3 is 5.11 Å². The monoisotopic (exact) mass is 689 g/mol. The van der Waals surface area contributed by atoms with Crippen molar-refractivity contribution in [3.63, 3.8) is 0 Å². The number of amides is 4. The third-order valence-electron chi connectivity index (χ3n) is 11.1. The average Bonchev–Trinajstić information content (AvgIpc) is 3.50. The number of halogens is 2. The molecule has 4 aromatic rings. The van der Waals surface area contributed by atoms with Gasteiger partial charge in [0.2, 0.25) is 11.8 Å². The highest BCUT2D eigenvalue weighted by molar-refractivity contribution is 6.30. The predicted octanol–water partition coefficient (Wildman–Crippen LogP) is 6.94. The van der Waals surface area contributed by atoms with E-state index in [2.05, 4.69) is 5.43 Å². The fraction of sp³-hybridized carbons (Fsp3) is 0.250. The number of anilines is 2. The van der Waals surface area contributed by atoms with E-state index >= 15 is 4.79 Å². The molecule has 0 spiro atoms. The Hall–Kier alpha value is -5.28. The highest BCUT2D eigenvalue weighted by Crippen LogP contribution is 2.64. The van der Waals surface area contributed by atoms with E-state index in [1.54, 1.807) is 48.5 Å². The largest absolute Gasteiger partial charge is 0.508 e. The van der Waals surface area contributed by atoms with Gasteiger partial charge in [0.15, 0.2) is 0 Å². The lowest BCUT2D eigenvalue weighted by atomic mass is 9.49. The second kappa shape index (κ2) is 11.9. The molecule has 6 atom stereocenters. The third-order valence-corrected chi connectivity index (χ3v) is 11.3. The van der Waals surface area contributed by atoms with Crippen LogP contribution in [0.15, 0.2) is 109 Å². The number of rotatable bonds is 6. The molecule has 4 amide bonds. The number of phenols is 1. The molecule has 8 rings (SSSR count). The zero-order chi connectivity index (χ0) is 34.9. The van der Waals surface area contributed by atoms with Crippen LogP contribution in [0.5, 0.6) is 5.75 Å². The van der Waals surface area contributed by atoms with Crippen molar-refractivity contribution < 1.29 is 28.7 Å². The molecule has 6 unspecified atom stereocenters. The van der Waals surface area contributed by atoms with E-state index in [-0.39, 0.29) is 30.4 Å². The van der Waals surface area contributed by atoms with Crippen LogP contribution in [0, 0.1) is 29.5 Å². The van der Waals surface area contributed by atoms with Gasteiger partial charge in [0, 0.05) is 10.9 Å². The fourth-order valence-corrected chi connectivity index (χ4v) is 9.00. The number of aromatic hydroxyl groups is 1. The lowest BCUT2D eigenvalue weighted by molar-refractivity contribution is -0.138. The smallest absolute Gasteiger partial charge is 0.260 e. The number of carbonyl (C=O) groups is 4. The lowest BCUT2D eigenvalue weighted by Crippen LogP contribution is -2.53. The number of imide groups is 2. The fourth-order valence-electron chi connectivity index (χ4n) is 8.87. The summed E-state index contributed by atoms with van der Waals surface area (Å²) in [7, 11) is 0. The first-order chi connectivity index (χ1) is 24.1. The predicted molar refractivity (Wildman–Crippen MR) is 185 cm³/mol. The minimum atomic E-state index is -1.51. The number of allylic oxidation sites excluding steroid dienone is 2. The Kier molecular flexibility index (Phi) is 7.64. The van der Waals surface area contributed by atoms with Crippen molar-refractivity contribution in [1.29, 1.82) is 0 Å². The molecular formula is C40H33ClFN3O5. The second-order valence-electron chi connectivity index (χ2n) is 13.5. The van der Waals surface area contributed by atoms with Crippen molar-refractivity contribution >= 4 is 46.6 Å². The summed E-state index contributed by atoms with van der Waals surface area (Å²) in [6.07, 6.45) is 3.19. The molecule has 50 heavy (non-hydrogen) atoms. The van der Waals surface area contributed by atoms with Gasteiger partial charge in [0.25, 0.3) is 11.8 Å². The molecule has 2 saturated heterocycles. The number of fused-ring (bicyclic) bond motifs is 4. The molecule has 0 aromatic heterocycles. The molecule has 4 aliphatic rings. The van der Waals surface area contributed by atoms with Gasteiger partial charge in [-0.05, 0) is 103 Å². The molecule has 4 aromatic carbocycles. The third kappa shape index (κ3) is 4.70. The Morgan fingerprint density at radius 1 is 0.880 bits per heavy atom. The van der Waals surface area contributed by atoms with Gasteiger partial charge >= 0.3 is 0 Å². The quantitative estimate of drug-likeness (QED) is 0.168. The van der Waals surface area contributed by atoms with Crippen molar-refractivity contribution in [3.8, 4) is 5.75 Å². The molecule has 1 saturated carbocycles. The molecule has 2 heterocycles. The average molecular weight is 690 g/mol. The summed E-state index contributed by atoms with van der Waals surface area (Å²) in [5, 5.41) is 12.2. The van der Waals surface area contributed by atoms with Crippen LogP contribution < -0.4 is 10.3 Å². The summed E-state index contributed by atoms with van der Waals surface area (Å²) >= 11 is 6.34. The van der Waals surface area contributed by atoms with Crippen LogP contribution in [-0.4, -0.2) is 33.7 Å². The Labute approximate surface area is 293 Å². The minimum absolute atomic E-state index is 0.0198. The summed E-state index contributed by atoms with van der Waals surface area (Å²) in [5.41, 5.74) is 5.26. The van der Waals surface area contributed by atoms with Crippen LogP contribution in [0.3, 0.4) is 0 Å². The van der Waals surface area contributed by atoms with Crippen molar-refractivity contribution in [2.24, 2.45) is 23.7 Å². The zero-order valence-corrected chi connectivity index (χ0v) is 27.8. The Morgan fingerprint density at radius 3 is 2.28 bits per heavy atom. The maximum atomic E-state index is 15.1. The van der Waals surface area contributed by atoms with Gasteiger partial charge in [-0.25, -0.2) is 4.39 Å². The number of aryl methyl sites for hydroxylation is 1. The van der Waals surface area contributed by atoms with E-state index in [4.69, 9.17) is 11.6 Å². The standard InChI is InChI=1S/C40H33ClFN3O5/c1-2-22-6-16-28(17-7-22)44-36(47)31-19-18-30-32(34(31)38(44)49)21-33-37(48)45(43-27-14-12-26(42)13-15-27)39(50)40(33,24-8-10-25(41)11-9-24)35(30)23-4-3-5-29(46)20-23/h3-18,20,31-35,43,46H,2,19,21H2,1H3. The van der Waals surface area contributed by atoms with Crippen LogP contribution in [0.25, 0.3) is 0 Å². The molecule has 10 heteroatoms. The van der Waals surface area contributed by atoms with E-state index in [9.17, 15) is 23.9 Å². The summed E-state index contributed by atoms with van der Waals surface area (Å²) in [6.45, 7) is 2.03. The number of phenolic OH excluding ortho intramolecular Hbond substituents is 1. The molecule has 252 valence electrons. The molecule has 0 bridgehead atoms. The lowest BCUT2D eigenvalue weighted by Gasteiger charge is -2.50. The van der Waals surface area contributed by atoms with E-state index in [0.29, 0.717) is 27.5 Å². The van der Waals surface area contributed by atoms with Crippen molar-refractivity contribution in [1.82, 2.24) is 5.01 Å². The van der Waals surface area contributed by atoms with Crippen molar-refractivity contribution in [3.05, 3.63) is 136 Å². The molecule has 0 radical (unpaired) electrons. The summed E-state index contributed by atoms with van der Waals surface area (Å²) in [5.74, 6) is -5.83. The summed E-state index contributed by atoms with van der Waals surface area (Å²) < 4.78 is 13.8. The first-order valence-electron chi connectivity index (χ1n) is 16.8. The maximum Gasteiger partial charge on any atom is 0.260 e. The molecule has 2 aliphatic heterocycles. The number of hydrogen-bond acceptors (Lipinski definition) is 6. The van der Waals surface area contributed by atoms with Crippen molar-refractivity contribution in [2.45, 2.75) is 37.5 Å². The van der Waals surface area contributed by atoms with Gasteiger partial charge in [-0.2, -0.15) is 5.01 Å². The SMILES string of the molecule is CCc1ccc(N2C(=O)C3CC=C4C(CC5C(=O)N(Nc6ccc(F)cc6)C(=O)C5(c5ccc(Cl)cc5)C4c4cccc(O)c4)C3C2=O)cc1. The first-order valence-corrected chi connectivity index (χ1v) is 17.1. The van der Waals surface area contributed by atoms with E-state index in [1.807, 2.05) is 31.2 Å². The first kappa shape index (κ1) is 32.0. The van der Waals surface area contributed by atoms with Gasteiger partial charge in [0.1, 0.15) is 11.6 Å². The van der Waals surface area contributed by atoms with Crippen molar-refractivity contribution in [2.75, 3.05) is 10.3 Å². The topological polar surface area (TPSA) is 107 Å². The van der Waals surface area contributed by atoms with Crippen LogP contribution in [0.2, 0.25) is 5.02 Å². The van der Waals surface area contributed by atoms with Gasteiger partial charge in [-0.15, -0.1) is 0 Å². The Bertz CT molecular complexity index is 2080. The van der Waals surface area contributed by atoms with E-state index in [0.717, 1.165) is 22.6 Å². The van der Waals surface area contributed by atoms with Crippen LogP contribution >= 0.6 is 11.6 Å². The van der Waals surface area contributed by atoms with Gasteiger partial charge in [-0.3, -0.25) is 29.5 Å². The molecule has 3 fully saturated rings. The summed E-state index contributed by atoms with van der Waals surface area (Å²) in [4.78, 5) is 59.5. The molecule has 8 nitrogen and oxygen atoms in total. The van der Waals surface area contributed by atoms with Gasteiger partial charge in [-0.1, -0.05) is 66.6 Å². The molecular weight excluding hydrogens is 657 g/mol. The molecule has 2 aliphatic carbocycles. The number of nitrogens with one attached hydrogen (secondary N) is 1. The minimum Gasteiger partial charge on any atom is -0.508 e. The highest BCUT2D eigenvalue weighted by atomic mass is 35.5. The van der Waals surface area contributed by atoms with E-state index < -0.39 is 52.6 Å². The van der Waals surface area contributed by atoms with Crippen LogP contribution in [-0.2, 0) is 31.0 Å². The zero-order valence-electron chi connectivity index (χ0n) is 27.1. The van der Waals surface area contributed by atoms with E-state index in [1.165, 1.54) is 35.2 Å². The van der Waals surface area contributed by atoms with Crippen LogP contribution in [0.4, 0.5) is 15.8 Å². The summed E-state index contributed by atoms with van der Waals surface area (Å²) in [6, 6.07) is 26.2. The molecule has 2 N–H and O–H groups in total. The number of hydrazine groups is 1. The normalized spacial score (nSPS) is 27.2. The highest BCUT2D eigenvalue weighted by Gasteiger charge is 2.70. The number of benzene rings is 4. The number of nitrogens with zero attached hydrogens (tertiary/aromatic N) is 2. The number of carbonyl (C=O) groups excluding carboxylic acids is 4. The number of hydrogen-bond donors (Lipinski definition) is 2. The maximum absolute atomic E-state index is 15.1. The van der Waals surface area contributed by atoms with Gasteiger partial charge in [0.05, 0.1) is 34.5 Å². The Morgan fingerprint density at radius 2 is 1.60 bits per heavy atom.